The maximum atomic E-state index is 12.9. The minimum Gasteiger partial charge on any atom is -0.462 e. The molecule has 5 rings (SSSR count). The minimum atomic E-state index is -0.445. The number of piperidine rings is 1. The lowest BCUT2D eigenvalue weighted by molar-refractivity contribution is 0.0532. The Morgan fingerprint density at radius 3 is 2.51 bits per heavy atom. The highest BCUT2D eigenvalue weighted by atomic mass is 35.5. The van der Waals surface area contributed by atoms with Gasteiger partial charge < -0.3 is 29.9 Å². The summed E-state index contributed by atoms with van der Waals surface area (Å²) >= 11 is 13.7. The molecule has 0 aliphatic carbocycles. The first-order chi connectivity index (χ1) is 20.7. The highest BCUT2D eigenvalue weighted by Gasteiger charge is 2.32. The van der Waals surface area contributed by atoms with Gasteiger partial charge in [-0.3, -0.25) is 9.69 Å². The molecule has 3 aromatic rings. The van der Waals surface area contributed by atoms with Crippen LogP contribution in [0.15, 0.2) is 12.4 Å². The van der Waals surface area contributed by atoms with Crippen molar-refractivity contribution in [2.75, 3.05) is 68.8 Å². The first kappa shape index (κ1) is 31.5. The molecule has 3 N–H and O–H groups in total. The van der Waals surface area contributed by atoms with Gasteiger partial charge in [0, 0.05) is 57.5 Å². The van der Waals surface area contributed by atoms with E-state index < -0.39 is 5.97 Å². The number of aromatic nitrogens is 4. The number of carbonyl (C=O) groups excluding carboxylic acids is 2. The molecule has 232 valence electrons. The van der Waals surface area contributed by atoms with Crippen molar-refractivity contribution in [1.29, 1.82) is 0 Å². The summed E-state index contributed by atoms with van der Waals surface area (Å²) in [5.41, 5.74) is 1.86. The number of aliphatic hydroxyl groups is 1. The van der Waals surface area contributed by atoms with Gasteiger partial charge in [0.1, 0.15) is 27.8 Å². The van der Waals surface area contributed by atoms with Gasteiger partial charge in [-0.15, -0.1) is 0 Å². The summed E-state index contributed by atoms with van der Waals surface area (Å²) < 4.78 is 5.35. The van der Waals surface area contributed by atoms with Crippen LogP contribution in [0.3, 0.4) is 0 Å². The van der Waals surface area contributed by atoms with Crippen LogP contribution in [0.1, 0.15) is 46.1 Å². The fraction of sp³-hybridized carbons (Fsp3) is 0.536. The van der Waals surface area contributed by atoms with E-state index >= 15 is 0 Å². The van der Waals surface area contributed by atoms with Crippen LogP contribution in [-0.2, 0) is 4.74 Å². The number of piperazine rings is 1. The molecule has 0 spiro atoms. The first-order valence-corrected chi connectivity index (χ1v) is 15.9. The lowest BCUT2D eigenvalue weighted by Crippen LogP contribution is -2.50. The number of amides is 1. The van der Waals surface area contributed by atoms with Crippen LogP contribution in [0.2, 0.25) is 10.0 Å². The number of H-pyrrole nitrogens is 1. The number of rotatable bonds is 9. The number of aliphatic hydroxyl groups excluding tert-OH is 1. The molecule has 2 atom stereocenters. The maximum Gasteiger partial charge on any atom is 0.350 e. The van der Waals surface area contributed by atoms with Gasteiger partial charge >= 0.3 is 5.97 Å². The van der Waals surface area contributed by atoms with Crippen LogP contribution >= 0.6 is 34.5 Å². The topological polar surface area (TPSA) is 140 Å². The van der Waals surface area contributed by atoms with Crippen molar-refractivity contribution in [2.45, 2.75) is 33.2 Å². The second-order valence-electron chi connectivity index (χ2n) is 10.8. The number of thiazole rings is 1. The summed E-state index contributed by atoms with van der Waals surface area (Å²) in [5.74, 6) is 0.120. The molecule has 3 aromatic heterocycles. The average molecular weight is 652 g/mol. The standard InChI is InChI=1S/C28H36Cl2N8O4S/c1-4-42-27(41)25-23(19-13-32-20(14-31-19)37-9-7-36(8-10-37)11-12-39)35-28(43-25)38-6-5-18(16(2)15-38)34-26(40)24-22(30)21(29)17(3)33-24/h13-14,16,18,33,39H,4-12,15H2,1-3H3,(H,34,40)/t16-,18+/m0/s1. The van der Waals surface area contributed by atoms with Crippen molar-refractivity contribution in [2.24, 2.45) is 5.92 Å². The fourth-order valence-electron chi connectivity index (χ4n) is 5.40. The molecule has 0 unspecified atom stereocenters. The quantitative estimate of drug-likeness (QED) is 0.295. The summed E-state index contributed by atoms with van der Waals surface area (Å²) in [6.45, 7) is 11.2. The van der Waals surface area contributed by atoms with E-state index in [-0.39, 0.29) is 41.8 Å². The predicted molar refractivity (Wildman–Crippen MR) is 168 cm³/mol. The van der Waals surface area contributed by atoms with Gasteiger partial charge in [-0.05, 0) is 26.2 Å². The zero-order chi connectivity index (χ0) is 30.7. The van der Waals surface area contributed by atoms with E-state index in [9.17, 15) is 14.7 Å². The largest absolute Gasteiger partial charge is 0.462 e. The second kappa shape index (κ2) is 13.8. The van der Waals surface area contributed by atoms with Gasteiger partial charge in [0.25, 0.3) is 5.91 Å². The normalized spacial score (nSPS) is 19.5. The molecule has 2 saturated heterocycles. The molecule has 2 aliphatic heterocycles. The lowest BCUT2D eigenvalue weighted by Gasteiger charge is -2.37. The van der Waals surface area contributed by atoms with Crippen LogP contribution < -0.4 is 15.1 Å². The van der Waals surface area contributed by atoms with Crippen molar-refractivity contribution in [3.8, 4) is 11.4 Å². The number of nitrogens with zero attached hydrogens (tertiary/aromatic N) is 6. The zero-order valence-electron chi connectivity index (χ0n) is 24.4. The Kier molecular flexibility index (Phi) is 10.1. The smallest absolute Gasteiger partial charge is 0.350 e. The fourth-order valence-corrected chi connectivity index (χ4v) is 6.82. The monoisotopic (exact) mass is 650 g/mol. The highest BCUT2D eigenvalue weighted by molar-refractivity contribution is 7.17. The van der Waals surface area contributed by atoms with Crippen LogP contribution in [0.25, 0.3) is 11.4 Å². The third-order valence-electron chi connectivity index (χ3n) is 7.84. The third kappa shape index (κ3) is 6.91. The number of ether oxygens (including phenoxy) is 1. The Hall–Kier alpha value is -2.97. The van der Waals surface area contributed by atoms with Crippen LogP contribution in [0, 0.1) is 12.8 Å². The summed E-state index contributed by atoms with van der Waals surface area (Å²) in [4.78, 5) is 49.8. The number of β-amino-alcohol motifs (C(OH)–C–C–N with tert-alkyl or cyclic N) is 1. The van der Waals surface area contributed by atoms with Gasteiger partial charge in [0.15, 0.2) is 5.13 Å². The van der Waals surface area contributed by atoms with Gasteiger partial charge in [-0.25, -0.2) is 19.7 Å². The number of aryl methyl sites for hydroxylation is 1. The van der Waals surface area contributed by atoms with E-state index in [1.54, 1.807) is 26.2 Å². The zero-order valence-corrected chi connectivity index (χ0v) is 26.7. The summed E-state index contributed by atoms with van der Waals surface area (Å²) in [5, 5.41) is 13.5. The molecular weight excluding hydrogens is 615 g/mol. The number of carbonyl (C=O) groups is 2. The third-order valence-corrected chi connectivity index (χ3v) is 9.89. The molecule has 2 fully saturated rings. The molecule has 2 aliphatic rings. The highest BCUT2D eigenvalue weighted by Crippen LogP contribution is 2.35. The van der Waals surface area contributed by atoms with E-state index in [1.807, 2.05) is 0 Å². The Morgan fingerprint density at radius 1 is 1.14 bits per heavy atom. The van der Waals surface area contributed by atoms with Crippen molar-refractivity contribution in [3.05, 3.63) is 38.7 Å². The van der Waals surface area contributed by atoms with Crippen molar-refractivity contribution in [1.82, 2.24) is 30.2 Å². The summed E-state index contributed by atoms with van der Waals surface area (Å²) in [6, 6.07) is -0.0740. The van der Waals surface area contributed by atoms with E-state index in [2.05, 4.69) is 41.9 Å². The van der Waals surface area contributed by atoms with Gasteiger partial charge in [0.2, 0.25) is 0 Å². The van der Waals surface area contributed by atoms with Gasteiger partial charge in [-0.2, -0.15) is 0 Å². The molecule has 0 radical (unpaired) electrons. The number of hydrogen-bond acceptors (Lipinski definition) is 11. The molecular formula is C28H36Cl2N8O4S. The molecule has 15 heteroatoms. The first-order valence-electron chi connectivity index (χ1n) is 14.4. The maximum absolute atomic E-state index is 12.9. The van der Waals surface area contributed by atoms with Crippen LogP contribution in [-0.4, -0.2) is 107 Å². The average Bonchev–Trinajstić information content (AvgIpc) is 3.56. The second-order valence-corrected chi connectivity index (χ2v) is 12.5. The van der Waals surface area contributed by atoms with E-state index in [0.29, 0.717) is 58.2 Å². The minimum absolute atomic E-state index is 0.0740. The van der Waals surface area contributed by atoms with Crippen LogP contribution in [0.5, 0.6) is 0 Å². The molecule has 1 amide bonds. The summed E-state index contributed by atoms with van der Waals surface area (Å²) in [7, 11) is 0. The molecule has 0 bridgehead atoms. The Morgan fingerprint density at radius 2 is 1.91 bits per heavy atom. The van der Waals surface area contributed by atoms with Crippen LogP contribution in [0.4, 0.5) is 10.9 Å². The Bertz CT molecular complexity index is 1440. The molecule has 12 nitrogen and oxygen atoms in total. The summed E-state index contributed by atoms with van der Waals surface area (Å²) in [6.07, 6.45) is 4.05. The Balaban J connectivity index is 1.29. The van der Waals surface area contributed by atoms with E-state index in [0.717, 1.165) is 32.0 Å². The number of aromatic amines is 1. The predicted octanol–water partition coefficient (Wildman–Crippen LogP) is 3.48. The molecule has 0 aromatic carbocycles. The number of esters is 1. The van der Waals surface area contributed by atoms with Crippen molar-refractivity contribution < 1.29 is 19.4 Å². The molecule has 0 saturated carbocycles. The molecule has 43 heavy (non-hydrogen) atoms. The number of hydrogen-bond donors (Lipinski definition) is 3. The van der Waals surface area contributed by atoms with Gasteiger partial charge in [0.05, 0.1) is 35.7 Å². The lowest BCUT2D eigenvalue weighted by atomic mass is 9.94. The SMILES string of the molecule is CCOC(=O)c1sc(N2CC[C@@H](NC(=O)c3[nH]c(C)c(Cl)c3Cl)[C@@H](C)C2)nc1-c1cnc(N2CCN(CCO)CC2)cn1. The van der Waals surface area contributed by atoms with E-state index in [4.69, 9.17) is 32.9 Å². The molecule has 5 heterocycles. The van der Waals surface area contributed by atoms with Crippen molar-refractivity contribution >= 4 is 57.4 Å². The number of anilines is 2. The number of halogens is 2. The Labute approximate surface area is 264 Å². The van der Waals surface area contributed by atoms with E-state index in [1.165, 1.54) is 11.3 Å². The van der Waals surface area contributed by atoms with Crippen molar-refractivity contribution in [3.63, 3.8) is 0 Å². The number of nitrogens with one attached hydrogen (secondary N) is 2. The van der Waals surface area contributed by atoms with Gasteiger partial charge in [-0.1, -0.05) is 41.5 Å².